The van der Waals surface area contributed by atoms with Crippen LogP contribution in [-0.2, 0) is 10.3 Å². The zero-order chi connectivity index (χ0) is 23.4. The van der Waals surface area contributed by atoms with E-state index < -0.39 is 5.54 Å². The molecular formula is C28H31N3O2. The van der Waals surface area contributed by atoms with Crippen LogP contribution in [-0.4, -0.2) is 29.7 Å². The molecule has 0 bridgehead atoms. The van der Waals surface area contributed by atoms with Crippen LogP contribution in [0.25, 0.3) is 10.9 Å². The molecule has 5 heteroatoms. The monoisotopic (exact) mass is 441 g/mol. The highest BCUT2D eigenvalue weighted by Gasteiger charge is 2.55. The number of para-hydroxylation sites is 1. The number of ether oxygens (including phenoxy) is 1. The number of nitriles is 1. The summed E-state index contributed by atoms with van der Waals surface area (Å²) in [5, 5.41) is 11.1. The third-order valence-electron chi connectivity index (χ3n) is 7.53. The smallest absolute Gasteiger partial charge is 0.274 e. The summed E-state index contributed by atoms with van der Waals surface area (Å²) in [6.45, 7) is 7.14. The largest absolute Gasteiger partial charge is 0.376 e. The zero-order valence-electron chi connectivity index (χ0n) is 19.8. The Balaban J connectivity index is 1.61. The van der Waals surface area contributed by atoms with Crippen LogP contribution in [0.3, 0.4) is 0 Å². The molecule has 2 heterocycles. The van der Waals surface area contributed by atoms with Gasteiger partial charge in [-0.3, -0.25) is 4.79 Å². The molecule has 2 fully saturated rings. The summed E-state index contributed by atoms with van der Waals surface area (Å²) in [7, 11) is 1.80. The number of nitrogens with zero attached hydrogens (tertiary/aromatic N) is 3. The van der Waals surface area contributed by atoms with Gasteiger partial charge in [-0.2, -0.15) is 5.26 Å². The maximum absolute atomic E-state index is 13.7. The van der Waals surface area contributed by atoms with Gasteiger partial charge in [0, 0.05) is 24.7 Å². The van der Waals surface area contributed by atoms with Crippen molar-refractivity contribution in [1.29, 1.82) is 5.26 Å². The van der Waals surface area contributed by atoms with Crippen molar-refractivity contribution in [2.24, 2.45) is 5.92 Å². The minimum atomic E-state index is -0.660. The van der Waals surface area contributed by atoms with E-state index in [9.17, 15) is 10.1 Å². The van der Waals surface area contributed by atoms with Gasteiger partial charge < -0.3 is 14.2 Å². The number of hydrogen-bond donors (Lipinski definition) is 0. The third kappa shape index (κ3) is 3.63. The number of carbonyl (C=O) groups excluding carboxylic acids is 1. The lowest BCUT2D eigenvalue weighted by molar-refractivity contribution is -0.0592. The van der Waals surface area contributed by atoms with Crippen molar-refractivity contribution in [3.8, 4) is 6.07 Å². The highest BCUT2D eigenvalue weighted by Crippen LogP contribution is 2.52. The molecule has 5 nitrogen and oxygen atoms in total. The third-order valence-corrected chi connectivity index (χ3v) is 7.53. The summed E-state index contributed by atoms with van der Waals surface area (Å²) in [6.07, 6.45) is 2.73. The molecular weight excluding hydrogens is 410 g/mol. The molecule has 3 aromatic rings. The van der Waals surface area contributed by atoms with Gasteiger partial charge in [0.15, 0.2) is 0 Å². The molecule has 2 aromatic carbocycles. The Kier molecular flexibility index (Phi) is 5.10. The first-order valence-electron chi connectivity index (χ1n) is 11.8. The summed E-state index contributed by atoms with van der Waals surface area (Å²) in [5.74, 6) is 0.542. The number of anilines is 1. The molecule has 1 saturated heterocycles. The van der Waals surface area contributed by atoms with Gasteiger partial charge in [0.25, 0.3) is 5.91 Å². The summed E-state index contributed by atoms with van der Waals surface area (Å²) >= 11 is 0. The van der Waals surface area contributed by atoms with Crippen molar-refractivity contribution in [2.45, 2.75) is 57.1 Å². The second kappa shape index (κ2) is 7.74. The van der Waals surface area contributed by atoms with Gasteiger partial charge in [-0.1, -0.05) is 31.2 Å². The summed E-state index contributed by atoms with van der Waals surface area (Å²) in [4.78, 5) is 15.4. The van der Waals surface area contributed by atoms with Crippen LogP contribution < -0.4 is 4.90 Å². The quantitative estimate of drug-likeness (QED) is 0.510. The lowest BCUT2D eigenvalue weighted by Crippen LogP contribution is -2.33. The summed E-state index contributed by atoms with van der Waals surface area (Å²) in [6, 6.07) is 20.7. The van der Waals surface area contributed by atoms with E-state index in [1.807, 2.05) is 41.0 Å². The fourth-order valence-corrected chi connectivity index (χ4v) is 5.46. The van der Waals surface area contributed by atoms with Crippen LogP contribution in [0.5, 0.6) is 0 Å². The van der Waals surface area contributed by atoms with E-state index >= 15 is 0 Å². The molecule has 3 atom stereocenters. The van der Waals surface area contributed by atoms with Crippen molar-refractivity contribution in [1.82, 2.24) is 4.57 Å². The van der Waals surface area contributed by atoms with E-state index in [-0.39, 0.29) is 17.4 Å². The Morgan fingerprint density at radius 2 is 1.88 bits per heavy atom. The van der Waals surface area contributed by atoms with Gasteiger partial charge in [-0.05, 0) is 80.8 Å². The average Bonchev–Trinajstić information content (AvgIpc) is 3.32. The van der Waals surface area contributed by atoms with Crippen molar-refractivity contribution in [3.05, 3.63) is 65.9 Å². The Morgan fingerprint density at radius 3 is 2.52 bits per heavy atom. The first-order chi connectivity index (χ1) is 15.8. The number of hydrogen-bond acceptors (Lipinski definition) is 3. The topological polar surface area (TPSA) is 58.3 Å². The number of rotatable bonds is 4. The Hall–Kier alpha value is -3.10. The van der Waals surface area contributed by atoms with Gasteiger partial charge in [0.2, 0.25) is 0 Å². The van der Waals surface area contributed by atoms with Crippen LogP contribution in [0.1, 0.15) is 62.0 Å². The van der Waals surface area contributed by atoms with Crippen molar-refractivity contribution in [3.63, 3.8) is 0 Å². The van der Waals surface area contributed by atoms with Crippen LogP contribution in [0.15, 0.2) is 54.6 Å². The Labute approximate surface area is 195 Å². The molecule has 0 unspecified atom stereocenters. The maximum Gasteiger partial charge on any atom is 0.274 e. The number of amides is 1. The zero-order valence-corrected chi connectivity index (χ0v) is 19.8. The van der Waals surface area contributed by atoms with E-state index in [1.165, 1.54) is 5.56 Å². The van der Waals surface area contributed by atoms with Gasteiger partial charge in [-0.15, -0.1) is 0 Å². The first kappa shape index (κ1) is 21.7. The lowest BCUT2D eigenvalue weighted by atomic mass is 9.83. The average molecular weight is 442 g/mol. The van der Waals surface area contributed by atoms with Crippen molar-refractivity contribution < 1.29 is 9.53 Å². The number of fused-ring (bicyclic) bond motifs is 1. The van der Waals surface area contributed by atoms with E-state index in [4.69, 9.17) is 4.74 Å². The minimum Gasteiger partial charge on any atom is -0.376 e. The lowest BCUT2D eigenvalue weighted by Gasteiger charge is -2.35. The molecule has 33 heavy (non-hydrogen) atoms. The standard InChI is InChI=1S/C28H31N3O2/c1-19-16-28(19,18-29)31-24-11-10-20(21-12-13-33-27(2,3)17-21)14-22(24)15-25(31)26(32)30(4)23-8-6-5-7-9-23/h5-11,14-15,19,21H,12-13,16-17H2,1-4H3/t19-,21-,28-/m1/s1. The first-order valence-corrected chi connectivity index (χ1v) is 11.8. The van der Waals surface area contributed by atoms with Crippen LogP contribution in [0.2, 0.25) is 0 Å². The molecule has 1 amide bonds. The minimum absolute atomic E-state index is 0.0973. The fraction of sp³-hybridized carbons (Fsp3) is 0.429. The molecule has 0 radical (unpaired) electrons. The van der Waals surface area contributed by atoms with Crippen LogP contribution >= 0.6 is 0 Å². The van der Waals surface area contributed by atoms with Crippen LogP contribution in [0.4, 0.5) is 5.69 Å². The maximum atomic E-state index is 13.7. The summed E-state index contributed by atoms with van der Waals surface area (Å²) in [5.41, 5.74) is 2.86. The molecule has 0 N–H and O–H groups in total. The fourth-order valence-electron chi connectivity index (χ4n) is 5.46. The molecule has 1 saturated carbocycles. The number of benzene rings is 2. The van der Waals surface area contributed by atoms with Crippen LogP contribution in [0, 0.1) is 17.2 Å². The highest BCUT2D eigenvalue weighted by atomic mass is 16.5. The molecule has 5 rings (SSSR count). The number of carbonyl (C=O) groups is 1. The Bertz CT molecular complexity index is 1250. The predicted molar refractivity (Wildman–Crippen MR) is 130 cm³/mol. The second-order valence-electron chi connectivity index (χ2n) is 10.3. The van der Waals surface area contributed by atoms with E-state index in [2.05, 4.69) is 45.0 Å². The Morgan fingerprint density at radius 1 is 1.15 bits per heavy atom. The van der Waals surface area contributed by atoms with E-state index in [0.29, 0.717) is 11.6 Å². The SMILES string of the molecule is C[C@@H]1C[C@]1(C#N)n1c(C(=O)N(C)c2ccccc2)cc2cc([C@@H]3CCOC(C)(C)C3)ccc21. The molecule has 1 aliphatic carbocycles. The van der Waals surface area contributed by atoms with E-state index in [0.717, 1.165) is 42.5 Å². The van der Waals surface area contributed by atoms with Crippen molar-refractivity contribution >= 4 is 22.5 Å². The molecule has 0 spiro atoms. The normalized spacial score (nSPS) is 26.0. The molecule has 2 aliphatic rings. The van der Waals surface area contributed by atoms with Gasteiger partial charge in [0.05, 0.1) is 17.2 Å². The van der Waals surface area contributed by atoms with Gasteiger partial charge >= 0.3 is 0 Å². The highest BCUT2D eigenvalue weighted by molar-refractivity contribution is 6.08. The second-order valence-corrected chi connectivity index (χ2v) is 10.3. The van der Waals surface area contributed by atoms with Crippen molar-refractivity contribution in [2.75, 3.05) is 18.6 Å². The van der Waals surface area contributed by atoms with E-state index in [1.54, 1.807) is 11.9 Å². The summed E-state index contributed by atoms with van der Waals surface area (Å²) < 4.78 is 7.92. The predicted octanol–water partition coefficient (Wildman–Crippen LogP) is 5.85. The molecule has 1 aliphatic heterocycles. The number of aromatic nitrogens is 1. The van der Waals surface area contributed by atoms with Gasteiger partial charge in [-0.25, -0.2) is 0 Å². The molecule has 1 aromatic heterocycles. The van der Waals surface area contributed by atoms with Gasteiger partial charge in [0.1, 0.15) is 11.2 Å². The molecule has 170 valence electrons.